The Morgan fingerprint density at radius 2 is 1.68 bits per heavy atom. The van der Waals surface area contributed by atoms with E-state index in [4.69, 9.17) is 14.5 Å². The summed E-state index contributed by atoms with van der Waals surface area (Å²) in [6.45, 7) is 7.81. The first kappa shape index (κ1) is 16.9. The zero-order chi connectivity index (χ0) is 17.2. The van der Waals surface area contributed by atoms with Crippen LogP contribution >= 0.6 is 22.7 Å². The summed E-state index contributed by atoms with van der Waals surface area (Å²) in [5.74, 6) is 1.01. The molecule has 0 N–H and O–H groups in total. The average Bonchev–Trinajstić information content (AvgIpc) is 3.30. The predicted molar refractivity (Wildman–Crippen MR) is 99.3 cm³/mol. The van der Waals surface area contributed by atoms with Gasteiger partial charge in [0.25, 0.3) is 0 Å². The molecule has 2 aromatic heterocycles. The van der Waals surface area contributed by atoms with Gasteiger partial charge in [0.05, 0.1) is 31.3 Å². The molecular formula is C16H20N4O3S2. The second-order valence-electron chi connectivity index (χ2n) is 5.93. The molecule has 2 saturated heterocycles. The molecule has 2 fully saturated rings. The second kappa shape index (κ2) is 7.36. The average molecular weight is 380 g/mol. The van der Waals surface area contributed by atoms with Gasteiger partial charge in [-0.2, -0.15) is 0 Å². The first-order chi connectivity index (χ1) is 12.2. The smallest absolute Gasteiger partial charge is 0.188 e. The van der Waals surface area contributed by atoms with E-state index < -0.39 is 0 Å². The lowest BCUT2D eigenvalue weighted by Crippen LogP contribution is -2.37. The molecule has 9 heteroatoms. The fourth-order valence-corrected chi connectivity index (χ4v) is 4.89. The molecule has 0 aromatic carbocycles. The Bertz CT molecular complexity index is 748. The van der Waals surface area contributed by atoms with Gasteiger partial charge in [0.15, 0.2) is 16.7 Å². The predicted octanol–water partition coefficient (Wildman–Crippen LogP) is 2.14. The molecule has 4 heterocycles. The number of hydrogen-bond acceptors (Lipinski definition) is 9. The molecule has 0 atom stereocenters. The minimum atomic E-state index is 0.0505. The van der Waals surface area contributed by atoms with Gasteiger partial charge in [0.2, 0.25) is 0 Å². The highest BCUT2D eigenvalue weighted by Crippen LogP contribution is 2.42. The minimum Gasteiger partial charge on any atom is -0.378 e. The van der Waals surface area contributed by atoms with Crippen molar-refractivity contribution in [3.05, 3.63) is 11.1 Å². The van der Waals surface area contributed by atoms with Crippen molar-refractivity contribution in [2.24, 2.45) is 0 Å². The Morgan fingerprint density at radius 1 is 1.04 bits per heavy atom. The highest BCUT2D eigenvalue weighted by Gasteiger charge is 2.25. The van der Waals surface area contributed by atoms with Crippen LogP contribution in [-0.4, -0.2) is 68.4 Å². The number of ether oxygens (including phenoxy) is 2. The van der Waals surface area contributed by atoms with Crippen molar-refractivity contribution in [3.8, 4) is 9.88 Å². The summed E-state index contributed by atoms with van der Waals surface area (Å²) in [5.41, 5.74) is 0. The van der Waals surface area contributed by atoms with Crippen LogP contribution in [0, 0.1) is 0 Å². The van der Waals surface area contributed by atoms with Gasteiger partial charge in [-0.15, -0.1) is 11.3 Å². The highest BCUT2D eigenvalue weighted by atomic mass is 32.1. The van der Waals surface area contributed by atoms with Crippen molar-refractivity contribution in [2.45, 2.75) is 6.92 Å². The fourth-order valence-electron chi connectivity index (χ4n) is 2.86. The Morgan fingerprint density at radius 3 is 2.28 bits per heavy atom. The molecule has 25 heavy (non-hydrogen) atoms. The number of hydrogen-bond donors (Lipinski definition) is 0. The van der Waals surface area contributed by atoms with E-state index in [1.807, 2.05) is 0 Å². The molecule has 0 unspecified atom stereocenters. The summed E-state index contributed by atoms with van der Waals surface area (Å²) in [7, 11) is 0. The van der Waals surface area contributed by atoms with Crippen LogP contribution in [0.25, 0.3) is 9.88 Å². The zero-order valence-electron chi connectivity index (χ0n) is 14.1. The highest BCUT2D eigenvalue weighted by molar-refractivity contribution is 7.24. The number of ketones is 1. The third-order valence-electron chi connectivity index (χ3n) is 4.24. The maximum atomic E-state index is 11.6. The van der Waals surface area contributed by atoms with Crippen LogP contribution in [0.2, 0.25) is 0 Å². The standard InChI is InChI=1S/C16H20N4O3S2/c1-11(21)12-10-17-15(24-12)13-14(19-2-6-22-7-3-19)18-16(25-13)20-4-8-23-9-5-20/h10H,2-9H2,1H3. The Hall–Kier alpha value is -1.55. The van der Waals surface area contributed by atoms with E-state index in [2.05, 4.69) is 14.8 Å². The van der Waals surface area contributed by atoms with E-state index in [0.717, 1.165) is 60.2 Å². The van der Waals surface area contributed by atoms with E-state index in [-0.39, 0.29) is 5.78 Å². The quantitative estimate of drug-likeness (QED) is 0.753. The minimum absolute atomic E-state index is 0.0505. The molecular weight excluding hydrogens is 360 g/mol. The number of morpholine rings is 2. The fraction of sp³-hybridized carbons (Fsp3) is 0.562. The number of rotatable bonds is 4. The van der Waals surface area contributed by atoms with Crippen molar-refractivity contribution < 1.29 is 14.3 Å². The molecule has 2 aromatic rings. The molecule has 0 radical (unpaired) electrons. The van der Waals surface area contributed by atoms with Crippen molar-refractivity contribution in [1.29, 1.82) is 0 Å². The molecule has 4 rings (SSSR count). The maximum absolute atomic E-state index is 11.6. The van der Waals surface area contributed by atoms with Crippen LogP contribution in [0.4, 0.5) is 10.9 Å². The molecule has 0 aliphatic carbocycles. The topological polar surface area (TPSA) is 67.8 Å². The maximum Gasteiger partial charge on any atom is 0.188 e. The number of carbonyl (C=O) groups is 1. The first-order valence-corrected chi connectivity index (χ1v) is 9.99. The Balaban J connectivity index is 1.71. The largest absolute Gasteiger partial charge is 0.378 e. The molecule has 0 amide bonds. The van der Waals surface area contributed by atoms with Crippen LogP contribution < -0.4 is 9.80 Å². The number of Topliss-reactive ketones (excluding diaryl/α,β-unsaturated/α-hetero) is 1. The van der Waals surface area contributed by atoms with E-state index >= 15 is 0 Å². The summed E-state index contributed by atoms with van der Waals surface area (Å²) in [4.78, 5) is 27.3. The molecule has 7 nitrogen and oxygen atoms in total. The third-order valence-corrected chi connectivity index (χ3v) is 6.59. The van der Waals surface area contributed by atoms with Gasteiger partial charge in [-0.05, 0) is 0 Å². The summed E-state index contributed by atoms with van der Waals surface area (Å²) in [5, 5.41) is 1.86. The lowest BCUT2D eigenvalue weighted by molar-refractivity contribution is 0.102. The molecule has 0 saturated carbocycles. The molecule has 2 aliphatic heterocycles. The van der Waals surface area contributed by atoms with Gasteiger partial charge in [-0.1, -0.05) is 11.3 Å². The molecule has 134 valence electrons. The summed E-state index contributed by atoms with van der Waals surface area (Å²) in [6, 6.07) is 0. The Kier molecular flexibility index (Phi) is 4.98. The van der Waals surface area contributed by atoms with Crippen LogP contribution in [0.15, 0.2) is 6.20 Å². The number of anilines is 2. The zero-order valence-corrected chi connectivity index (χ0v) is 15.7. The van der Waals surface area contributed by atoms with E-state index in [1.165, 1.54) is 11.3 Å². The summed E-state index contributed by atoms with van der Waals surface area (Å²) >= 11 is 3.09. The molecule has 0 bridgehead atoms. The monoisotopic (exact) mass is 380 g/mol. The first-order valence-electron chi connectivity index (χ1n) is 8.36. The van der Waals surface area contributed by atoms with Crippen molar-refractivity contribution in [2.75, 3.05) is 62.4 Å². The number of aromatic nitrogens is 2. The normalized spacial score (nSPS) is 18.6. The van der Waals surface area contributed by atoms with Crippen molar-refractivity contribution >= 4 is 39.4 Å². The molecule has 0 spiro atoms. The van der Waals surface area contributed by atoms with Gasteiger partial charge in [-0.25, -0.2) is 9.97 Å². The second-order valence-corrected chi connectivity index (χ2v) is 7.94. The Labute approximate surface area is 154 Å². The SMILES string of the molecule is CC(=O)c1cnc(-c2sc(N3CCOCC3)nc2N2CCOCC2)s1. The number of thiazole rings is 2. The number of nitrogens with zero attached hydrogens (tertiary/aromatic N) is 4. The number of carbonyl (C=O) groups excluding carboxylic acids is 1. The van der Waals surface area contributed by atoms with Crippen LogP contribution in [0.5, 0.6) is 0 Å². The van der Waals surface area contributed by atoms with Gasteiger partial charge in [-0.3, -0.25) is 4.79 Å². The van der Waals surface area contributed by atoms with E-state index in [0.29, 0.717) is 18.1 Å². The molecule has 2 aliphatic rings. The van der Waals surface area contributed by atoms with Crippen molar-refractivity contribution in [3.63, 3.8) is 0 Å². The van der Waals surface area contributed by atoms with Gasteiger partial charge in [0, 0.05) is 39.3 Å². The van der Waals surface area contributed by atoms with Crippen LogP contribution in [0.1, 0.15) is 16.6 Å². The van der Waals surface area contributed by atoms with E-state index in [9.17, 15) is 4.79 Å². The van der Waals surface area contributed by atoms with Crippen LogP contribution in [-0.2, 0) is 9.47 Å². The third kappa shape index (κ3) is 3.55. The van der Waals surface area contributed by atoms with Crippen molar-refractivity contribution in [1.82, 2.24) is 9.97 Å². The van der Waals surface area contributed by atoms with Gasteiger partial charge < -0.3 is 19.3 Å². The van der Waals surface area contributed by atoms with Gasteiger partial charge >= 0.3 is 0 Å². The summed E-state index contributed by atoms with van der Waals surface area (Å²) in [6.07, 6.45) is 1.67. The van der Waals surface area contributed by atoms with Crippen LogP contribution in [0.3, 0.4) is 0 Å². The van der Waals surface area contributed by atoms with E-state index in [1.54, 1.807) is 24.5 Å². The summed E-state index contributed by atoms with van der Waals surface area (Å²) < 4.78 is 10.9. The lowest BCUT2D eigenvalue weighted by Gasteiger charge is -2.28. The van der Waals surface area contributed by atoms with Gasteiger partial charge in [0.1, 0.15) is 9.88 Å². The lowest BCUT2D eigenvalue weighted by atomic mass is 10.4.